The second-order valence-electron chi connectivity index (χ2n) is 4.10. The zero-order valence-corrected chi connectivity index (χ0v) is 11.9. The summed E-state index contributed by atoms with van der Waals surface area (Å²) in [5, 5.41) is 4.23. The minimum Gasteiger partial charge on any atom is -0.462 e. The molecule has 0 aliphatic carbocycles. The summed E-state index contributed by atoms with van der Waals surface area (Å²) in [6.07, 6.45) is 4.87. The van der Waals surface area contributed by atoms with E-state index in [1.54, 1.807) is 13.0 Å². The quantitative estimate of drug-likeness (QED) is 0.560. The van der Waals surface area contributed by atoms with Crippen LogP contribution in [0.1, 0.15) is 49.2 Å². The molecule has 5 heteroatoms. The number of esters is 1. The highest BCUT2D eigenvalue weighted by Crippen LogP contribution is 2.29. The highest BCUT2D eigenvalue weighted by atomic mass is 32.1. The van der Waals surface area contributed by atoms with E-state index in [1.807, 2.05) is 0 Å². The molecule has 0 unspecified atom stereocenters. The van der Waals surface area contributed by atoms with Gasteiger partial charge in [-0.3, -0.25) is 0 Å². The average molecular weight is 270 g/mol. The van der Waals surface area contributed by atoms with Crippen molar-refractivity contribution in [3.63, 3.8) is 0 Å². The summed E-state index contributed by atoms with van der Waals surface area (Å²) in [6, 6.07) is 1.80. The molecule has 3 N–H and O–H groups in total. The lowest BCUT2D eigenvalue weighted by atomic mass is 10.2. The first kappa shape index (κ1) is 14.8. The van der Waals surface area contributed by atoms with E-state index in [1.165, 1.54) is 30.6 Å². The Morgan fingerprint density at radius 3 is 2.83 bits per heavy atom. The predicted molar refractivity (Wildman–Crippen MR) is 77.3 cm³/mol. The second-order valence-corrected chi connectivity index (χ2v) is 5.16. The van der Waals surface area contributed by atoms with Crippen molar-refractivity contribution in [2.75, 3.05) is 24.2 Å². The molecular formula is C13H22N2O2S. The van der Waals surface area contributed by atoms with Gasteiger partial charge in [0.25, 0.3) is 0 Å². The summed E-state index contributed by atoms with van der Waals surface area (Å²) in [7, 11) is 0. The molecule has 4 nitrogen and oxygen atoms in total. The average Bonchev–Trinajstić information content (AvgIpc) is 2.71. The van der Waals surface area contributed by atoms with Crippen molar-refractivity contribution < 1.29 is 9.53 Å². The number of thiophene rings is 1. The van der Waals surface area contributed by atoms with E-state index >= 15 is 0 Å². The third kappa shape index (κ3) is 4.56. The lowest BCUT2D eigenvalue weighted by molar-refractivity contribution is 0.0533. The molecule has 1 rings (SSSR count). The van der Waals surface area contributed by atoms with Crippen LogP contribution in [0.3, 0.4) is 0 Å². The molecule has 1 aromatic heterocycles. The van der Waals surface area contributed by atoms with E-state index in [2.05, 4.69) is 12.2 Å². The SMILES string of the molecule is CCCCCCNc1cc(N)c(C(=O)OCC)s1. The molecule has 0 aliphatic heterocycles. The highest BCUT2D eigenvalue weighted by Gasteiger charge is 2.15. The normalized spacial score (nSPS) is 10.3. The number of carbonyl (C=O) groups is 1. The van der Waals surface area contributed by atoms with Crippen molar-refractivity contribution in [3.05, 3.63) is 10.9 Å². The number of carbonyl (C=O) groups excluding carboxylic acids is 1. The summed E-state index contributed by atoms with van der Waals surface area (Å²) in [5.74, 6) is -0.334. The smallest absolute Gasteiger partial charge is 0.350 e. The van der Waals surface area contributed by atoms with Crippen LogP contribution in [-0.4, -0.2) is 19.1 Å². The highest BCUT2D eigenvalue weighted by molar-refractivity contribution is 7.18. The van der Waals surface area contributed by atoms with Crippen LogP contribution >= 0.6 is 11.3 Å². The van der Waals surface area contributed by atoms with Crippen LogP contribution in [0.15, 0.2) is 6.07 Å². The van der Waals surface area contributed by atoms with Gasteiger partial charge in [0.05, 0.1) is 17.3 Å². The van der Waals surface area contributed by atoms with E-state index in [-0.39, 0.29) is 5.97 Å². The summed E-state index contributed by atoms with van der Waals surface area (Å²) in [6.45, 7) is 5.27. The zero-order chi connectivity index (χ0) is 13.4. The molecule has 18 heavy (non-hydrogen) atoms. The van der Waals surface area contributed by atoms with Crippen LogP contribution in [0.5, 0.6) is 0 Å². The van der Waals surface area contributed by atoms with E-state index in [0.29, 0.717) is 17.2 Å². The van der Waals surface area contributed by atoms with Gasteiger partial charge in [-0.25, -0.2) is 4.79 Å². The maximum Gasteiger partial charge on any atom is 0.350 e. The molecule has 0 fully saturated rings. The molecule has 1 aromatic rings. The van der Waals surface area contributed by atoms with Gasteiger partial charge in [-0.1, -0.05) is 26.2 Å². The third-order valence-electron chi connectivity index (χ3n) is 2.55. The van der Waals surface area contributed by atoms with Crippen LogP contribution in [0, 0.1) is 0 Å². The molecule has 0 atom stereocenters. The first-order valence-corrected chi connectivity index (χ1v) is 7.31. The molecule has 0 aromatic carbocycles. The molecule has 0 amide bonds. The zero-order valence-electron chi connectivity index (χ0n) is 11.1. The van der Waals surface area contributed by atoms with Gasteiger partial charge >= 0.3 is 5.97 Å². The van der Waals surface area contributed by atoms with Crippen molar-refractivity contribution in [3.8, 4) is 0 Å². The topological polar surface area (TPSA) is 64.3 Å². The maximum absolute atomic E-state index is 11.6. The number of rotatable bonds is 8. The Kier molecular flexibility index (Phi) is 6.57. The van der Waals surface area contributed by atoms with Gasteiger partial charge < -0.3 is 15.8 Å². The Balaban J connectivity index is 2.43. The molecule has 0 radical (unpaired) electrons. The Bertz CT molecular complexity index is 377. The summed E-state index contributed by atoms with van der Waals surface area (Å²) < 4.78 is 4.94. The first-order chi connectivity index (χ1) is 8.69. The van der Waals surface area contributed by atoms with E-state index in [0.717, 1.165) is 18.0 Å². The lowest BCUT2D eigenvalue weighted by Gasteiger charge is -2.02. The lowest BCUT2D eigenvalue weighted by Crippen LogP contribution is -2.04. The first-order valence-electron chi connectivity index (χ1n) is 6.49. The summed E-state index contributed by atoms with van der Waals surface area (Å²) in [4.78, 5) is 12.1. The van der Waals surface area contributed by atoms with Crippen molar-refractivity contribution in [1.29, 1.82) is 0 Å². The third-order valence-corrected chi connectivity index (χ3v) is 3.64. The van der Waals surface area contributed by atoms with Crippen LogP contribution in [0.2, 0.25) is 0 Å². The number of nitrogens with two attached hydrogens (primary N) is 1. The van der Waals surface area contributed by atoms with Gasteiger partial charge in [0, 0.05) is 6.54 Å². The van der Waals surface area contributed by atoms with Gasteiger partial charge in [-0.2, -0.15) is 0 Å². The van der Waals surface area contributed by atoms with Gasteiger partial charge in [0.1, 0.15) is 4.88 Å². The van der Waals surface area contributed by atoms with Crippen LogP contribution in [0.25, 0.3) is 0 Å². The molecule has 0 spiro atoms. The second kappa shape index (κ2) is 7.97. The minimum atomic E-state index is -0.334. The monoisotopic (exact) mass is 270 g/mol. The van der Waals surface area contributed by atoms with Gasteiger partial charge in [-0.05, 0) is 19.4 Å². The van der Waals surface area contributed by atoms with Crippen molar-refractivity contribution in [1.82, 2.24) is 0 Å². The fourth-order valence-corrected chi connectivity index (χ4v) is 2.51. The predicted octanol–water partition coefficient (Wildman–Crippen LogP) is 3.50. The Morgan fingerprint density at radius 1 is 1.39 bits per heavy atom. The molecule has 102 valence electrons. The standard InChI is InChI=1S/C13H22N2O2S/c1-3-5-6-7-8-15-11-9-10(14)12(18-11)13(16)17-4-2/h9,15H,3-8,14H2,1-2H3. The number of nitrogen functional groups attached to an aromatic ring is 1. The molecule has 0 saturated carbocycles. The van der Waals surface area contributed by atoms with E-state index < -0.39 is 0 Å². The van der Waals surface area contributed by atoms with Crippen molar-refractivity contribution in [2.24, 2.45) is 0 Å². The molecule has 0 aliphatic rings. The van der Waals surface area contributed by atoms with Gasteiger partial charge in [0.15, 0.2) is 0 Å². The van der Waals surface area contributed by atoms with Crippen LogP contribution in [0.4, 0.5) is 10.7 Å². The van der Waals surface area contributed by atoms with Crippen molar-refractivity contribution >= 4 is 28.0 Å². The molecule has 1 heterocycles. The Morgan fingerprint density at radius 2 is 2.17 bits per heavy atom. The van der Waals surface area contributed by atoms with Crippen LogP contribution in [-0.2, 0) is 4.74 Å². The number of nitrogens with one attached hydrogen (secondary N) is 1. The number of ether oxygens (including phenoxy) is 1. The molecule has 0 bridgehead atoms. The Hall–Kier alpha value is -1.23. The van der Waals surface area contributed by atoms with Crippen LogP contribution < -0.4 is 11.1 Å². The summed E-state index contributed by atoms with van der Waals surface area (Å²) in [5.41, 5.74) is 6.29. The van der Waals surface area contributed by atoms with E-state index in [4.69, 9.17) is 10.5 Å². The minimum absolute atomic E-state index is 0.334. The number of unbranched alkanes of at least 4 members (excludes halogenated alkanes) is 3. The van der Waals surface area contributed by atoms with Crippen molar-refractivity contribution in [2.45, 2.75) is 39.5 Å². The Labute approximate surface area is 113 Å². The van der Waals surface area contributed by atoms with Gasteiger partial charge in [-0.15, -0.1) is 11.3 Å². The number of anilines is 2. The van der Waals surface area contributed by atoms with Gasteiger partial charge in [0.2, 0.25) is 0 Å². The summed E-state index contributed by atoms with van der Waals surface area (Å²) >= 11 is 1.36. The number of hydrogen-bond donors (Lipinski definition) is 2. The molecule has 0 saturated heterocycles. The largest absolute Gasteiger partial charge is 0.462 e. The fourth-order valence-electron chi connectivity index (χ4n) is 1.61. The van der Waals surface area contributed by atoms with E-state index in [9.17, 15) is 4.79 Å². The molecular weight excluding hydrogens is 248 g/mol. The maximum atomic E-state index is 11.6. The fraction of sp³-hybridized carbons (Fsp3) is 0.615. The number of hydrogen-bond acceptors (Lipinski definition) is 5.